The molecule has 0 fully saturated rings. The van der Waals surface area contributed by atoms with Crippen molar-refractivity contribution in [1.82, 2.24) is 0 Å². The molecule has 2 aromatic carbocycles. The maximum Gasteiger partial charge on any atom is -0.00258 e. The zero-order valence-corrected chi connectivity index (χ0v) is 11.8. The Hall–Kier alpha value is -0.266. The largest absolute Gasteiger partial charge is 0.0622 e. The minimum absolute atomic E-state index is 0.556. The van der Waals surface area contributed by atoms with Gasteiger partial charge < -0.3 is 0 Å². The van der Waals surface area contributed by atoms with Gasteiger partial charge in [0, 0.05) is 0 Å². The maximum absolute atomic E-state index is 4.89. The van der Waals surface area contributed by atoms with Gasteiger partial charge in [-0.05, 0) is 17.5 Å². The minimum atomic E-state index is -0.556. The second kappa shape index (κ2) is 8.84. The average Bonchev–Trinajstić information content (AvgIpc) is 2.33. The molecule has 0 radical (unpaired) electrons. The molecule has 0 unspecified atom stereocenters. The van der Waals surface area contributed by atoms with E-state index in [1.54, 1.807) is 0 Å². The van der Waals surface area contributed by atoms with Gasteiger partial charge in [0.15, 0.2) is 0 Å². The molecule has 0 aliphatic rings. The van der Waals surface area contributed by atoms with E-state index in [1.807, 2.05) is 0 Å². The summed E-state index contributed by atoms with van der Waals surface area (Å²) in [5.74, 6) is 0. The Bertz CT molecular complexity index is 338. The minimum Gasteiger partial charge on any atom is -0.0622 e. The number of benzene rings is 2. The third kappa shape index (κ3) is 5.72. The molecule has 0 heterocycles. The van der Waals surface area contributed by atoms with Crippen LogP contribution >= 0.6 is 18.6 Å². The zero-order chi connectivity index (χ0) is 11.6. The molecule has 0 aliphatic carbocycles. The molecule has 2 rings (SSSR count). The van der Waals surface area contributed by atoms with Crippen molar-refractivity contribution in [3.8, 4) is 0 Å². The molecule has 0 aliphatic heterocycles. The van der Waals surface area contributed by atoms with E-state index in [0.717, 1.165) is 6.42 Å². The van der Waals surface area contributed by atoms with E-state index in [4.69, 9.17) is 18.6 Å². The summed E-state index contributed by atoms with van der Waals surface area (Å²) in [5, 5.41) is 0. The fourth-order valence-electron chi connectivity index (χ4n) is 1.43. The molecule has 0 saturated heterocycles. The summed E-state index contributed by atoms with van der Waals surface area (Å²) in [4.78, 5) is 0. The predicted molar refractivity (Wildman–Crippen MR) is 67.4 cm³/mol. The van der Waals surface area contributed by atoms with Crippen LogP contribution in [0.3, 0.4) is 0 Å². The van der Waals surface area contributed by atoms with Crippen molar-refractivity contribution in [2.24, 2.45) is 0 Å². The number of halogens is 2. The van der Waals surface area contributed by atoms with E-state index >= 15 is 0 Å². The van der Waals surface area contributed by atoms with Crippen LogP contribution in [-0.2, 0) is 23.5 Å². The van der Waals surface area contributed by atoms with E-state index in [-0.39, 0.29) is 0 Å². The summed E-state index contributed by atoms with van der Waals surface area (Å²) in [6.45, 7) is 0. The van der Waals surface area contributed by atoms with Crippen LogP contribution in [0.4, 0.5) is 0 Å². The SMILES string of the molecule is [Cl][Ti][Cl].c1ccc(Cc2ccccc2)cc1. The van der Waals surface area contributed by atoms with Gasteiger partial charge in [-0.1, -0.05) is 60.7 Å². The maximum atomic E-state index is 4.89. The molecule has 0 spiro atoms. The third-order valence-corrected chi connectivity index (χ3v) is 2.09. The first-order valence-electron chi connectivity index (χ1n) is 4.91. The van der Waals surface area contributed by atoms with Gasteiger partial charge in [0.2, 0.25) is 0 Å². The Morgan fingerprint density at radius 3 is 1.31 bits per heavy atom. The van der Waals surface area contributed by atoms with E-state index in [9.17, 15) is 0 Å². The molecular formula is C13H12Cl2Ti. The molecule has 0 nitrogen and oxygen atoms in total. The molecule has 2 aromatic rings. The predicted octanol–water partition coefficient (Wildman–Crippen LogP) is 4.65. The topological polar surface area (TPSA) is 0 Å². The summed E-state index contributed by atoms with van der Waals surface area (Å²) in [6, 6.07) is 21.1. The Morgan fingerprint density at radius 1 is 0.688 bits per heavy atom. The van der Waals surface area contributed by atoms with E-state index in [0.29, 0.717) is 0 Å². The third-order valence-electron chi connectivity index (χ3n) is 2.09. The van der Waals surface area contributed by atoms with Crippen LogP contribution < -0.4 is 0 Å². The summed E-state index contributed by atoms with van der Waals surface area (Å²) in [5.41, 5.74) is 2.74. The Balaban J connectivity index is 0.000000386. The van der Waals surface area contributed by atoms with Gasteiger partial charge >= 0.3 is 35.6 Å². The van der Waals surface area contributed by atoms with E-state index in [1.165, 1.54) is 11.1 Å². The van der Waals surface area contributed by atoms with Gasteiger partial charge in [-0.2, -0.15) is 0 Å². The second-order valence-electron chi connectivity index (χ2n) is 3.22. The summed E-state index contributed by atoms with van der Waals surface area (Å²) in [7, 11) is 9.78. The van der Waals surface area contributed by atoms with Gasteiger partial charge in [0.1, 0.15) is 0 Å². The van der Waals surface area contributed by atoms with Gasteiger partial charge in [-0.25, -0.2) is 0 Å². The van der Waals surface area contributed by atoms with Gasteiger partial charge in [-0.15, -0.1) is 0 Å². The average molecular weight is 287 g/mol. The molecule has 0 atom stereocenters. The summed E-state index contributed by atoms with van der Waals surface area (Å²) in [6.07, 6.45) is 1.03. The van der Waals surface area contributed by atoms with Crippen molar-refractivity contribution < 1.29 is 17.0 Å². The Labute approximate surface area is 113 Å². The van der Waals surface area contributed by atoms with Crippen molar-refractivity contribution in [1.29, 1.82) is 0 Å². The van der Waals surface area contributed by atoms with Crippen molar-refractivity contribution in [3.05, 3.63) is 71.8 Å². The number of hydrogen-bond acceptors (Lipinski definition) is 0. The first-order valence-corrected chi connectivity index (χ1v) is 9.20. The van der Waals surface area contributed by atoms with E-state index in [2.05, 4.69) is 60.7 Å². The number of hydrogen-bond donors (Lipinski definition) is 0. The Morgan fingerprint density at radius 2 is 1.00 bits per heavy atom. The van der Waals surface area contributed by atoms with Crippen LogP contribution in [0.25, 0.3) is 0 Å². The van der Waals surface area contributed by atoms with Crippen molar-refractivity contribution in [3.63, 3.8) is 0 Å². The molecule has 82 valence electrons. The fourth-order valence-corrected chi connectivity index (χ4v) is 1.43. The normalized spacial score (nSPS) is 8.88. The molecule has 0 saturated carbocycles. The van der Waals surface area contributed by atoms with Crippen molar-refractivity contribution in [2.75, 3.05) is 0 Å². The second-order valence-corrected chi connectivity index (χ2v) is 5.80. The quantitative estimate of drug-likeness (QED) is 0.705. The first-order chi connectivity index (χ1) is 7.86. The van der Waals surface area contributed by atoms with Crippen LogP contribution in [0.15, 0.2) is 60.7 Å². The smallest absolute Gasteiger partial charge is 0.00258 e. The molecule has 16 heavy (non-hydrogen) atoms. The first kappa shape index (κ1) is 13.8. The monoisotopic (exact) mass is 286 g/mol. The molecule has 0 amide bonds. The van der Waals surface area contributed by atoms with Gasteiger partial charge in [0.25, 0.3) is 0 Å². The standard InChI is InChI=1S/C13H12.2ClH.Ti/c1-3-7-12(8-4-1)11-13-9-5-2-6-10-13;;;/h1-10H,11H2;2*1H;/q;;;+2/p-2. The molecule has 3 heteroatoms. The van der Waals surface area contributed by atoms with Crippen LogP contribution in [0, 0.1) is 0 Å². The van der Waals surface area contributed by atoms with Gasteiger partial charge in [0.05, 0.1) is 0 Å². The molecule has 0 bridgehead atoms. The molecule has 0 aromatic heterocycles. The van der Waals surface area contributed by atoms with Crippen LogP contribution in [0.5, 0.6) is 0 Å². The fraction of sp³-hybridized carbons (Fsp3) is 0.0769. The number of rotatable bonds is 2. The van der Waals surface area contributed by atoms with Crippen LogP contribution in [0.1, 0.15) is 11.1 Å². The molecule has 0 N–H and O–H groups in total. The molecular weight excluding hydrogens is 275 g/mol. The summed E-state index contributed by atoms with van der Waals surface area (Å²) >= 11 is -0.556. The van der Waals surface area contributed by atoms with E-state index < -0.39 is 17.0 Å². The van der Waals surface area contributed by atoms with Crippen LogP contribution in [0.2, 0.25) is 0 Å². The van der Waals surface area contributed by atoms with Crippen molar-refractivity contribution >= 4 is 18.6 Å². The zero-order valence-electron chi connectivity index (χ0n) is 8.74. The van der Waals surface area contributed by atoms with Gasteiger partial charge in [-0.3, -0.25) is 0 Å². The Kier molecular flexibility index (Phi) is 7.62. The summed E-state index contributed by atoms with van der Waals surface area (Å²) < 4.78 is 0. The van der Waals surface area contributed by atoms with Crippen molar-refractivity contribution in [2.45, 2.75) is 6.42 Å². The van der Waals surface area contributed by atoms with Crippen LogP contribution in [-0.4, -0.2) is 0 Å².